The molecule has 0 aromatic carbocycles. The number of rotatable bonds is 7. The fraction of sp³-hybridized carbons (Fsp3) is 0.583. The third-order valence-corrected chi connectivity index (χ3v) is 2.50. The molecule has 16 heavy (non-hydrogen) atoms. The predicted molar refractivity (Wildman–Crippen MR) is 66.8 cm³/mol. The van der Waals surface area contributed by atoms with Gasteiger partial charge in [-0.1, -0.05) is 0 Å². The van der Waals surface area contributed by atoms with Crippen LogP contribution in [0.4, 0.5) is 5.69 Å². The maximum absolute atomic E-state index is 5.05. The Morgan fingerprint density at radius 2 is 2.31 bits per heavy atom. The summed E-state index contributed by atoms with van der Waals surface area (Å²) in [6.07, 6.45) is 4.79. The number of methoxy groups -OCH3 is 1. The van der Waals surface area contributed by atoms with E-state index in [1.54, 1.807) is 7.11 Å². The van der Waals surface area contributed by atoms with Crippen LogP contribution in [0, 0.1) is 0 Å². The highest BCUT2D eigenvalue weighted by Gasteiger charge is 2.06. The summed E-state index contributed by atoms with van der Waals surface area (Å²) in [5.74, 6) is 0. The van der Waals surface area contributed by atoms with Gasteiger partial charge in [0, 0.05) is 57.5 Å². The Balaban J connectivity index is 2.62. The Morgan fingerprint density at radius 3 is 3.00 bits per heavy atom. The van der Waals surface area contributed by atoms with E-state index < -0.39 is 0 Å². The molecule has 0 spiro atoms. The van der Waals surface area contributed by atoms with Crippen molar-refractivity contribution in [3.05, 3.63) is 24.0 Å². The molecule has 90 valence electrons. The lowest BCUT2D eigenvalue weighted by Crippen LogP contribution is -2.22. The zero-order valence-corrected chi connectivity index (χ0v) is 10.4. The van der Waals surface area contributed by atoms with E-state index in [4.69, 9.17) is 4.74 Å². The van der Waals surface area contributed by atoms with E-state index in [9.17, 15) is 0 Å². The van der Waals surface area contributed by atoms with Gasteiger partial charge in [-0.3, -0.25) is 4.98 Å². The molecule has 0 saturated heterocycles. The molecular weight excluding hydrogens is 202 g/mol. The highest BCUT2D eigenvalue weighted by molar-refractivity contribution is 5.51. The van der Waals surface area contributed by atoms with Gasteiger partial charge < -0.3 is 15.0 Å². The monoisotopic (exact) mass is 223 g/mol. The molecule has 1 N–H and O–H groups in total. The number of ether oxygens (including phenoxy) is 1. The van der Waals surface area contributed by atoms with Crippen molar-refractivity contribution in [2.45, 2.75) is 13.0 Å². The number of pyridine rings is 1. The van der Waals surface area contributed by atoms with E-state index in [2.05, 4.69) is 28.3 Å². The summed E-state index contributed by atoms with van der Waals surface area (Å²) >= 11 is 0. The standard InChI is InChI=1S/C12H21N3O/c1-13-9-11-10-14-6-5-12(11)15(2)7-4-8-16-3/h5-6,10,13H,4,7-9H2,1-3H3. The number of aromatic nitrogens is 1. The van der Waals surface area contributed by atoms with Gasteiger partial charge in [0.1, 0.15) is 0 Å². The number of hydrogen-bond donors (Lipinski definition) is 1. The quantitative estimate of drug-likeness (QED) is 0.706. The van der Waals surface area contributed by atoms with Gasteiger partial charge >= 0.3 is 0 Å². The molecule has 0 unspecified atom stereocenters. The topological polar surface area (TPSA) is 37.4 Å². The predicted octanol–water partition coefficient (Wildman–Crippen LogP) is 1.27. The molecule has 4 nitrogen and oxygen atoms in total. The van der Waals surface area contributed by atoms with Gasteiger partial charge in [-0.25, -0.2) is 0 Å². The van der Waals surface area contributed by atoms with E-state index in [-0.39, 0.29) is 0 Å². The molecule has 0 radical (unpaired) electrons. The minimum Gasteiger partial charge on any atom is -0.385 e. The molecule has 1 aromatic rings. The lowest BCUT2D eigenvalue weighted by Gasteiger charge is -2.21. The zero-order chi connectivity index (χ0) is 11.8. The van der Waals surface area contributed by atoms with Gasteiger partial charge in [0.05, 0.1) is 0 Å². The van der Waals surface area contributed by atoms with Crippen molar-refractivity contribution in [3.8, 4) is 0 Å². The van der Waals surface area contributed by atoms with Crippen molar-refractivity contribution in [1.82, 2.24) is 10.3 Å². The van der Waals surface area contributed by atoms with Crippen molar-refractivity contribution >= 4 is 5.69 Å². The Labute approximate surface area is 97.6 Å². The molecule has 0 aliphatic rings. The van der Waals surface area contributed by atoms with Crippen LogP contribution in [-0.2, 0) is 11.3 Å². The van der Waals surface area contributed by atoms with Gasteiger partial charge in [0.2, 0.25) is 0 Å². The number of anilines is 1. The molecule has 0 aliphatic carbocycles. The number of nitrogens with one attached hydrogen (secondary N) is 1. The Kier molecular flexibility index (Phi) is 5.82. The van der Waals surface area contributed by atoms with Crippen LogP contribution in [0.1, 0.15) is 12.0 Å². The summed E-state index contributed by atoms with van der Waals surface area (Å²) in [4.78, 5) is 6.39. The third-order valence-electron chi connectivity index (χ3n) is 2.50. The molecule has 1 aromatic heterocycles. The maximum Gasteiger partial charge on any atom is 0.0479 e. The highest BCUT2D eigenvalue weighted by Crippen LogP contribution is 2.17. The lowest BCUT2D eigenvalue weighted by atomic mass is 10.2. The van der Waals surface area contributed by atoms with Gasteiger partial charge in [0.25, 0.3) is 0 Å². The van der Waals surface area contributed by atoms with Gasteiger partial charge in [-0.2, -0.15) is 0 Å². The van der Waals surface area contributed by atoms with E-state index in [0.717, 1.165) is 26.1 Å². The van der Waals surface area contributed by atoms with Crippen molar-refractivity contribution < 1.29 is 4.74 Å². The van der Waals surface area contributed by atoms with Gasteiger partial charge in [-0.15, -0.1) is 0 Å². The smallest absolute Gasteiger partial charge is 0.0479 e. The van der Waals surface area contributed by atoms with Gasteiger partial charge in [0.15, 0.2) is 0 Å². The zero-order valence-electron chi connectivity index (χ0n) is 10.4. The van der Waals surface area contributed by atoms with Crippen molar-refractivity contribution in [2.75, 3.05) is 39.3 Å². The first-order chi connectivity index (χ1) is 7.79. The average Bonchev–Trinajstić information content (AvgIpc) is 2.30. The molecule has 1 heterocycles. The minimum atomic E-state index is 0.802. The molecule has 0 bridgehead atoms. The lowest BCUT2D eigenvalue weighted by molar-refractivity contribution is 0.196. The highest BCUT2D eigenvalue weighted by atomic mass is 16.5. The summed E-state index contributed by atoms with van der Waals surface area (Å²) in [7, 11) is 5.78. The first kappa shape index (κ1) is 12.9. The van der Waals surface area contributed by atoms with Crippen LogP contribution >= 0.6 is 0 Å². The summed E-state index contributed by atoms with van der Waals surface area (Å²) in [6, 6.07) is 2.06. The second-order valence-corrected chi connectivity index (χ2v) is 3.80. The summed E-state index contributed by atoms with van der Waals surface area (Å²) in [5, 5.41) is 3.16. The van der Waals surface area contributed by atoms with Crippen molar-refractivity contribution in [3.63, 3.8) is 0 Å². The first-order valence-electron chi connectivity index (χ1n) is 5.57. The van der Waals surface area contributed by atoms with Crippen LogP contribution in [0.3, 0.4) is 0 Å². The van der Waals surface area contributed by atoms with Crippen LogP contribution in [-0.4, -0.2) is 39.3 Å². The molecule has 0 saturated carbocycles. The van der Waals surface area contributed by atoms with Crippen LogP contribution in [0.2, 0.25) is 0 Å². The Hall–Kier alpha value is -1.13. The van der Waals surface area contributed by atoms with E-state index in [1.165, 1.54) is 11.3 Å². The van der Waals surface area contributed by atoms with Crippen LogP contribution in [0.5, 0.6) is 0 Å². The summed E-state index contributed by atoms with van der Waals surface area (Å²) in [5.41, 5.74) is 2.46. The maximum atomic E-state index is 5.05. The number of nitrogens with zero attached hydrogens (tertiary/aromatic N) is 2. The van der Waals surface area contributed by atoms with Crippen molar-refractivity contribution in [2.24, 2.45) is 0 Å². The van der Waals surface area contributed by atoms with E-state index >= 15 is 0 Å². The number of hydrogen-bond acceptors (Lipinski definition) is 4. The SMILES string of the molecule is CNCc1cnccc1N(C)CCCOC. The van der Waals surface area contributed by atoms with E-state index in [1.807, 2.05) is 19.4 Å². The van der Waals surface area contributed by atoms with Gasteiger partial charge in [-0.05, 0) is 19.5 Å². The Morgan fingerprint density at radius 1 is 1.50 bits per heavy atom. The molecule has 0 atom stereocenters. The molecular formula is C12H21N3O. The molecule has 0 aliphatic heterocycles. The second-order valence-electron chi connectivity index (χ2n) is 3.80. The fourth-order valence-corrected chi connectivity index (χ4v) is 1.69. The minimum absolute atomic E-state index is 0.802. The third kappa shape index (κ3) is 3.79. The summed E-state index contributed by atoms with van der Waals surface area (Å²) < 4.78 is 5.05. The second kappa shape index (κ2) is 7.19. The van der Waals surface area contributed by atoms with E-state index in [0.29, 0.717) is 0 Å². The molecule has 4 heteroatoms. The van der Waals surface area contributed by atoms with Crippen LogP contribution in [0.25, 0.3) is 0 Å². The largest absolute Gasteiger partial charge is 0.385 e. The molecule has 0 amide bonds. The molecule has 0 fully saturated rings. The molecule has 1 rings (SSSR count). The normalized spacial score (nSPS) is 10.4. The Bertz CT molecular complexity index is 304. The van der Waals surface area contributed by atoms with Crippen molar-refractivity contribution in [1.29, 1.82) is 0 Å². The van der Waals surface area contributed by atoms with Crippen LogP contribution in [0.15, 0.2) is 18.5 Å². The fourth-order valence-electron chi connectivity index (χ4n) is 1.69. The summed E-state index contributed by atoms with van der Waals surface area (Å²) in [6.45, 7) is 2.64. The van der Waals surface area contributed by atoms with Crippen LogP contribution < -0.4 is 10.2 Å². The first-order valence-corrected chi connectivity index (χ1v) is 5.57. The average molecular weight is 223 g/mol.